The van der Waals surface area contributed by atoms with Crippen molar-refractivity contribution in [1.82, 2.24) is 20.4 Å². The molecule has 2 aliphatic rings. The van der Waals surface area contributed by atoms with Crippen LogP contribution in [0.1, 0.15) is 68.1 Å². The van der Waals surface area contributed by atoms with E-state index < -0.39 is 6.09 Å². The molecule has 1 saturated heterocycles. The first kappa shape index (κ1) is 27.5. The van der Waals surface area contributed by atoms with E-state index in [0.717, 1.165) is 31.2 Å². The van der Waals surface area contributed by atoms with Gasteiger partial charge in [0, 0.05) is 37.8 Å². The third-order valence-corrected chi connectivity index (χ3v) is 7.43. The number of aromatic nitrogens is 2. The zero-order valence-electron chi connectivity index (χ0n) is 21.9. The number of carboxylic acid groups (broad SMARTS) is 1. The summed E-state index contributed by atoms with van der Waals surface area (Å²) in [5, 5.41) is 30.2. The van der Waals surface area contributed by atoms with Crippen molar-refractivity contribution in [3.05, 3.63) is 46.1 Å². The first-order valence-corrected chi connectivity index (χ1v) is 13.2. The average molecular weight is 541 g/mol. The molecule has 2 aromatic rings. The lowest BCUT2D eigenvalue weighted by atomic mass is 9.85. The quantitative estimate of drug-likeness (QED) is 0.576. The van der Waals surface area contributed by atoms with Crippen LogP contribution in [0.3, 0.4) is 0 Å². The highest BCUT2D eigenvalue weighted by molar-refractivity contribution is 6.32. The van der Waals surface area contributed by atoms with Gasteiger partial charge in [0.05, 0.1) is 16.7 Å². The van der Waals surface area contributed by atoms with Gasteiger partial charge in [0.2, 0.25) is 0 Å². The van der Waals surface area contributed by atoms with Crippen LogP contribution in [0.15, 0.2) is 24.3 Å². The average Bonchev–Trinajstić information content (AvgIpc) is 2.89. The van der Waals surface area contributed by atoms with Gasteiger partial charge in [0.25, 0.3) is 5.91 Å². The molecule has 0 spiro atoms. The molecule has 0 atom stereocenters. The van der Waals surface area contributed by atoms with Gasteiger partial charge in [-0.2, -0.15) is 5.26 Å². The summed E-state index contributed by atoms with van der Waals surface area (Å²) in [4.78, 5) is 27.2. The SMILES string of the molecule is CC(C)(C)c1c(OC2CCC(NC(=O)c3ccc(N4CCN(C(=O)O)CC4)nn3)CC2)ccc(C#N)c1Cl. The van der Waals surface area contributed by atoms with Gasteiger partial charge in [0.1, 0.15) is 11.8 Å². The van der Waals surface area contributed by atoms with Gasteiger partial charge in [-0.3, -0.25) is 4.79 Å². The van der Waals surface area contributed by atoms with Crippen molar-refractivity contribution in [2.24, 2.45) is 0 Å². The second-order valence-corrected chi connectivity index (χ2v) is 11.1. The predicted octanol–water partition coefficient (Wildman–Crippen LogP) is 4.22. The second kappa shape index (κ2) is 11.4. The number of hydrogen-bond acceptors (Lipinski definition) is 7. The summed E-state index contributed by atoms with van der Waals surface area (Å²) in [6.07, 6.45) is 2.17. The first-order chi connectivity index (χ1) is 18.1. The smallest absolute Gasteiger partial charge is 0.407 e. The molecule has 1 aromatic heterocycles. The summed E-state index contributed by atoms with van der Waals surface area (Å²) in [5.74, 6) is 1.06. The van der Waals surface area contributed by atoms with Crippen molar-refractivity contribution < 1.29 is 19.4 Å². The molecule has 38 heavy (non-hydrogen) atoms. The molecule has 4 rings (SSSR count). The van der Waals surface area contributed by atoms with Crippen molar-refractivity contribution in [3.8, 4) is 11.8 Å². The number of nitriles is 1. The Hall–Kier alpha value is -3.58. The minimum absolute atomic E-state index is 0.00563. The fourth-order valence-electron chi connectivity index (χ4n) is 4.95. The number of nitrogens with one attached hydrogen (secondary N) is 1. The van der Waals surface area contributed by atoms with E-state index in [1.807, 2.05) is 31.7 Å². The molecule has 2 N–H and O–H groups in total. The van der Waals surface area contributed by atoms with Crippen LogP contribution in [0.2, 0.25) is 5.02 Å². The maximum absolute atomic E-state index is 12.8. The van der Waals surface area contributed by atoms with Crippen LogP contribution in [0.25, 0.3) is 0 Å². The number of ether oxygens (including phenoxy) is 1. The van der Waals surface area contributed by atoms with E-state index >= 15 is 0 Å². The van der Waals surface area contributed by atoms with Gasteiger partial charge in [-0.05, 0) is 55.4 Å². The van der Waals surface area contributed by atoms with Crippen LogP contribution in [0, 0.1) is 11.3 Å². The normalized spacial score (nSPS) is 20.0. The molecular formula is C27H33ClN6O4. The lowest BCUT2D eigenvalue weighted by Gasteiger charge is -2.33. The van der Waals surface area contributed by atoms with Crippen LogP contribution >= 0.6 is 11.6 Å². The number of amides is 2. The Morgan fingerprint density at radius 1 is 1.08 bits per heavy atom. The Bertz CT molecular complexity index is 1210. The molecule has 1 aliphatic heterocycles. The molecule has 1 aliphatic carbocycles. The summed E-state index contributed by atoms with van der Waals surface area (Å²) >= 11 is 6.54. The first-order valence-electron chi connectivity index (χ1n) is 12.8. The van der Waals surface area contributed by atoms with Crippen LogP contribution < -0.4 is 15.0 Å². The molecule has 10 nitrogen and oxygen atoms in total. The number of carbonyl (C=O) groups excluding carboxylic acids is 1. The van der Waals surface area contributed by atoms with E-state index in [1.54, 1.807) is 18.2 Å². The van der Waals surface area contributed by atoms with Crippen molar-refractivity contribution in [2.45, 2.75) is 64.0 Å². The highest BCUT2D eigenvalue weighted by Gasteiger charge is 2.29. The fraction of sp³-hybridized carbons (Fsp3) is 0.519. The standard InChI is InChI=1S/C27H33ClN6O4/c1-27(2,3)23-21(10-4-17(16-29)24(23)28)38-19-7-5-18(6-8-19)30-25(35)20-9-11-22(32-31-20)33-12-14-34(15-13-33)26(36)37/h4,9-11,18-19H,5-8,12-15H2,1-3H3,(H,30,35)(H,36,37). The minimum Gasteiger partial charge on any atom is -0.490 e. The van der Waals surface area contributed by atoms with Crippen molar-refractivity contribution in [1.29, 1.82) is 5.26 Å². The predicted molar refractivity (Wildman–Crippen MR) is 143 cm³/mol. The van der Waals surface area contributed by atoms with Crippen LogP contribution in [-0.2, 0) is 5.41 Å². The lowest BCUT2D eigenvalue weighted by Crippen LogP contribution is -2.48. The minimum atomic E-state index is -0.920. The molecule has 0 bridgehead atoms. The number of carbonyl (C=O) groups is 2. The molecule has 2 amide bonds. The van der Waals surface area contributed by atoms with E-state index in [-0.39, 0.29) is 29.2 Å². The molecule has 0 radical (unpaired) electrons. The number of benzene rings is 1. The topological polar surface area (TPSA) is 132 Å². The largest absolute Gasteiger partial charge is 0.490 e. The highest BCUT2D eigenvalue weighted by atomic mass is 35.5. The van der Waals surface area contributed by atoms with Crippen LogP contribution in [0.5, 0.6) is 5.75 Å². The van der Waals surface area contributed by atoms with E-state index in [1.165, 1.54) is 4.90 Å². The van der Waals surface area contributed by atoms with Gasteiger partial charge in [-0.15, -0.1) is 10.2 Å². The third kappa shape index (κ3) is 6.27. The molecule has 11 heteroatoms. The number of anilines is 1. The summed E-state index contributed by atoms with van der Waals surface area (Å²) in [6, 6.07) is 9.08. The summed E-state index contributed by atoms with van der Waals surface area (Å²) in [7, 11) is 0. The Labute approximate surface area is 227 Å². The molecule has 1 saturated carbocycles. The Kier molecular flexibility index (Phi) is 8.26. The van der Waals surface area contributed by atoms with Gasteiger partial charge < -0.3 is 25.0 Å². The molecule has 1 aromatic carbocycles. The van der Waals surface area contributed by atoms with Gasteiger partial charge in [-0.25, -0.2) is 4.79 Å². The Morgan fingerprint density at radius 3 is 2.32 bits per heavy atom. The zero-order chi connectivity index (χ0) is 27.4. The summed E-state index contributed by atoms with van der Waals surface area (Å²) in [5.41, 5.74) is 1.23. The number of rotatable bonds is 5. The van der Waals surface area contributed by atoms with E-state index in [0.29, 0.717) is 48.3 Å². The maximum atomic E-state index is 12.8. The maximum Gasteiger partial charge on any atom is 0.407 e. The van der Waals surface area contributed by atoms with Crippen molar-refractivity contribution in [2.75, 3.05) is 31.1 Å². The molecule has 2 fully saturated rings. The molecule has 2 heterocycles. The monoisotopic (exact) mass is 540 g/mol. The second-order valence-electron chi connectivity index (χ2n) is 10.8. The molecule has 202 valence electrons. The zero-order valence-corrected chi connectivity index (χ0v) is 22.7. The van der Waals surface area contributed by atoms with E-state index in [2.05, 4.69) is 21.6 Å². The van der Waals surface area contributed by atoms with Crippen molar-refractivity contribution in [3.63, 3.8) is 0 Å². The third-order valence-electron chi connectivity index (χ3n) is 7.03. The van der Waals surface area contributed by atoms with Gasteiger partial charge >= 0.3 is 6.09 Å². The van der Waals surface area contributed by atoms with Gasteiger partial charge in [0.15, 0.2) is 11.5 Å². The number of hydrogen-bond donors (Lipinski definition) is 2. The van der Waals surface area contributed by atoms with E-state index in [4.69, 9.17) is 21.4 Å². The van der Waals surface area contributed by atoms with Gasteiger partial charge in [-0.1, -0.05) is 32.4 Å². The van der Waals surface area contributed by atoms with E-state index in [9.17, 15) is 14.9 Å². The molecule has 0 unspecified atom stereocenters. The van der Waals surface area contributed by atoms with Crippen LogP contribution in [0.4, 0.5) is 10.6 Å². The van der Waals surface area contributed by atoms with Crippen molar-refractivity contribution >= 4 is 29.4 Å². The summed E-state index contributed by atoms with van der Waals surface area (Å²) < 4.78 is 6.35. The number of nitrogens with zero attached hydrogens (tertiary/aromatic N) is 5. The number of piperazine rings is 1. The fourth-order valence-corrected chi connectivity index (χ4v) is 5.43. The summed E-state index contributed by atoms with van der Waals surface area (Å²) in [6.45, 7) is 8.01. The Balaban J connectivity index is 1.29. The number of halogens is 1. The lowest BCUT2D eigenvalue weighted by molar-refractivity contribution is 0.0886. The van der Waals surface area contributed by atoms with Crippen LogP contribution in [-0.4, -0.2) is 70.5 Å². The Morgan fingerprint density at radius 2 is 1.76 bits per heavy atom. The molecular weight excluding hydrogens is 508 g/mol. The highest BCUT2D eigenvalue weighted by Crippen LogP contribution is 2.40.